The van der Waals surface area contributed by atoms with Gasteiger partial charge in [0.15, 0.2) is 0 Å². The Labute approximate surface area is 209 Å². The molecule has 0 saturated carbocycles. The fraction of sp³-hybridized carbons (Fsp3) is 0.632. The molecule has 0 heterocycles. The molecular formula is C19H31N5O11S. The van der Waals surface area contributed by atoms with Crippen LogP contribution in [0.4, 0.5) is 0 Å². The van der Waals surface area contributed by atoms with Crippen LogP contribution in [-0.4, -0.2) is 115 Å². The molecule has 0 fully saturated rings. The van der Waals surface area contributed by atoms with E-state index in [0.29, 0.717) is 4.90 Å². The van der Waals surface area contributed by atoms with Crippen LogP contribution in [0.2, 0.25) is 0 Å². The summed E-state index contributed by atoms with van der Waals surface area (Å²) in [6.45, 7) is 1.38. The third-order valence-electron chi connectivity index (χ3n) is 4.59. The Kier molecular flexibility index (Phi) is 14.0. The smallest absolute Gasteiger partial charge is 0.326 e. The topological polar surface area (TPSA) is 280 Å². The first-order chi connectivity index (χ1) is 16.6. The number of nitrogens with two attached hydrogens (primary N) is 2. The first kappa shape index (κ1) is 32.6. The van der Waals surface area contributed by atoms with Crippen molar-refractivity contribution < 1.29 is 54.0 Å². The van der Waals surface area contributed by atoms with E-state index in [1.165, 1.54) is 0 Å². The molecule has 0 bridgehead atoms. The van der Waals surface area contributed by atoms with Gasteiger partial charge in [-0.15, -0.1) is 0 Å². The molecule has 0 unspecified atom stereocenters. The number of thioether (sulfide) groups is 1. The molecule has 0 aliphatic heterocycles. The number of carboxylic acids is 3. The van der Waals surface area contributed by atoms with Crippen LogP contribution in [0.15, 0.2) is 0 Å². The Morgan fingerprint density at radius 3 is 1.94 bits per heavy atom. The van der Waals surface area contributed by atoms with Gasteiger partial charge in [0.25, 0.3) is 0 Å². The minimum atomic E-state index is -1.83. The van der Waals surface area contributed by atoms with Crippen LogP contribution >= 0.6 is 11.8 Å². The van der Waals surface area contributed by atoms with Gasteiger partial charge in [-0.3, -0.25) is 28.8 Å². The van der Waals surface area contributed by atoms with Gasteiger partial charge in [-0.2, -0.15) is 11.8 Å². The van der Waals surface area contributed by atoms with Crippen LogP contribution in [0.3, 0.4) is 0 Å². The van der Waals surface area contributed by atoms with E-state index in [1.54, 1.807) is 0 Å². The highest BCUT2D eigenvalue weighted by atomic mass is 32.2. The van der Waals surface area contributed by atoms with E-state index in [0.717, 1.165) is 25.6 Å². The van der Waals surface area contributed by atoms with Gasteiger partial charge in [0, 0.05) is 17.9 Å². The van der Waals surface area contributed by atoms with Gasteiger partial charge < -0.3 is 47.4 Å². The summed E-state index contributed by atoms with van der Waals surface area (Å²) in [6, 6.07) is -6.35. The molecule has 17 heteroatoms. The summed E-state index contributed by atoms with van der Waals surface area (Å²) in [5, 5.41) is 41.2. The molecule has 0 aromatic carbocycles. The van der Waals surface area contributed by atoms with Crippen molar-refractivity contribution in [1.82, 2.24) is 15.5 Å². The van der Waals surface area contributed by atoms with Crippen molar-refractivity contribution in [2.24, 2.45) is 11.5 Å². The summed E-state index contributed by atoms with van der Waals surface area (Å²) >= 11 is 0.770. The first-order valence-electron chi connectivity index (χ1n) is 10.5. The van der Waals surface area contributed by atoms with Crippen molar-refractivity contribution in [2.45, 2.75) is 57.0 Å². The molecule has 0 rings (SSSR count). The second-order valence-electron chi connectivity index (χ2n) is 7.62. The molecule has 0 spiro atoms. The van der Waals surface area contributed by atoms with Crippen LogP contribution in [0.1, 0.15) is 26.7 Å². The lowest BCUT2D eigenvalue weighted by molar-refractivity contribution is -0.156. The lowest BCUT2D eigenvalue weighted by Crippen LogP contribution is -2.62. The molecule has 0 aliphatic carbocycles. The van der Waals surface area contributed by atoms with Crippen molar-refractivity contribution in [3.05, 3.63) is 0 Å². The zero-order valence-electron chi connectivity index (χ0n) is 19.6. The molecule has 0 aromatic rings. The van der Waals surface area contributed by atoms with E-state index in [-0.39, 0.29) is 5.75 Å². The van der Waals surface area contributed by atoms with Gasteiger partial charge in [0.05, 0.1) is 0 Å². The number of carbonyl (C=O) groups is 7. The molecule has 5 atom stereocenters. The molecule has 4 amide bonds. The first-order valence-corrected chi connectivity index (χ1v) is 11.6. The highest BCUT2D eigenvalue weighted by Crippen LogP contribution is 2.19. The molecule has 0 saturated heterocycles. The molecular weight excluding hydrogens is 506 g/mol. The van der Waals surface area contributed by atoms with Crippen molar-refractivity contribution in [3.8, 4) is 0 Å². The molecule has 204 valence electrons. The Morgan fingerprint density at radius 1 is 0.917 bits per heavy atom. The third-order valence-corrected chi connectivity index (χ3v) is 5.74. The summed E-state index contributed by atoms with van der Waals surface area (Å²) in [4.78, 5) is 83.9. The largest absolute Gasteiger partial charge is 0.480 e. The SMILES string of the molecule is C[C@H](NC(=O)[C@@H](C)O)C(=O)N([C@H](CCC(N)=O)C(=O)O)[C@H](CSC[C@H](N)C(=O)O)C(=O)NCC(=O)O. The fourth-order valence-corrected chi connectivity index (χ4v) is 3.81. The monoisotopic (exact) mass is 537 g/mol. The van der Waals surface area contributed by atoms with Crippen LogP contribution in [0, 0.1) is 0 Å². The fourth-order valence-electron chi connectivity index (χ4n) is 2.75. The van der Waals surface area contributed by atoms with Crippen molar-refractivity contribution in [3.63, 3.8) is 0 Å². The van der Waals surface area contributed by atoms with Crippen LogP contribution in [0.25, 0.3) is 0 Å². The molecule has 0 aromatic heterocycles. The van der Waals surface area contributed by atoms with Crippen molar-refractivity contribution in [1.29, 1.82) is 0 Å². The number of nitrogens with one attached hydrogen (secondary N) is 2. The number of amides is 4. The normalized spacial score (nSPS) is 14.9. The molecule has 0 radical (unpaired) electrons. The van der Waals surface area contributed by atoms with E-state index in [1.807, 2.05) is 5.32 Å². The summed E-state index contributed by atoms with van der Waals surface area (Å²) in [7, 11) is 0. The predicted molar refractivity (Wildman–Crippen MR) is 123 cm³/mol. The lowest BCUT2D eigenvalue weighted by Gasteiger charge is -2.37. The van der Waals surface area contributed by atoms with Gasteiger partial charge in [0.1, 0.15) is 36.8 Å². The number of carboxylic acid groups (broad SMARTS) is 3. The van der Waals surface area contributed by atoms with Gasteiger partial charge in [-0.1, -0.05) is 0 Å². The minimum Gasteiger partial charge on any atom is -0.480 e. The molecule has 0 aliphatic rings. The number of hydrogen-bond donors (Lipinski definition) is 8. The maximum Gasteiger partial charge on any atom is 0.326 e. The van der Waals surface area contributed by atoms with Gasteiger partial charge in [-0.05, 0) is 20.3 Å². The number of rotatable bonds is 17. The number of nitrogens with zero attached hydrogens (tertiary/aromatic N) is 1. The number of aliphatic hydroxyl groups excluding tert-OH is 1. The number of hydrogen-bond acceptors (Lipinski definition) is 10. The average Bonchev–Trinajstić information content (AvgIpc) is 2.77. The Hall–Kier alpha value is -3.44. The van der Waals surface area contributed by atoms with Crippen molar-refractivity contribution >= 4 is 53.3 Å². The van der Waals surface area contributed by atoms with E-state index in [2.05, 4.69) is 5.32 Å². The van der Waals surface area contributed by atoms with E-state index in [9.17, 15) is 43.8 Å². The van der Waals surface area contributed by atoms with Crippen LogP contribution in [-0.2, 0) is 33.6 Å². The summed E-state index contributed by atoms with van der Waals surface area (Å²) in [5.41, 5.74) is 10.5. The Balaban J connectivity index is 6.38. The summed E-state index contributed by atoms with van der Waals surface area (Å²) in [5.74, 6) is -9.21. The third kappa shape index (κ3) is 11.3. The van der Waals surface area contributed by atoms with Crippen molar-refractivity contribution in [2.75, 3.05) is 18.1 Å². The van der Waals surface area contributed by atoms with Gasteiger partial charge >= 0.3 is 17.9 Å². The van der Waals surface area contributed by atoms with Crippen LogP contribution in [0.5, 0.6) is 0 Å². The average molecular weight is 538 g/mol. The zero-order valence-corrected chi connectivity index (χ0v) is 20.4. The quantitative estimate of drug-likeness (QED) is 0.0882. The second kappa shape index (κ2) is 15.5. The van der Waals surface area contributed by atoms with Crippen LogP contribution < -0.4 is 22.1 Å². The number of carbonyl (C=O) groups excluding carboxylic acids is 4. The lowest BCUT2D eigenvalue weighted by atomic mass is 10.0. The summed E-state index contributed by atoms with van der Waals surface area (Å²) < 4.78 is 0. The number of aliphatic hydroxyl groups is 1. The highest BCUT2D eigenvalue weighted by Gasteiger charge is 2.41. The standard InChI is InChI=1S/C19H31N5O11S/c1-8(23-15(29)9(2)25)17(31)24(11(19(34)35)3-4-13(21)26)12(16(30)22-5-14(27)28)7-36-6-10(20)18(32)33/h8-12,25H,3-7,20H2,1-2H3,(H2,21,26)(H,22,30)(H,23,29)(H,27,28)(H,32,33)(H,34,35)/t8-,9+,10-,11+,12+/m0/s1. The second-order valence-corrected chi connectivity index (χ2v) is 8.70. The highest BCUT2D eigenvalue weighted by molar-refractivity contribution is 7.99. The Morgan fingerprint density at radius 2 is 1.50 bits per heavy atom. The van der Waals surface area contributed by atoms with E-state index >= 15 is 0 Å². The van der Waals surface area contributed by atoms with E-state index in [4.69, 9.17) is 21.7 Å². The minimum absolute atomic E-state index is 0.257. The number of primary amides is 1. The summed E-state index contributed by atoms with van der Waals surface area (Å²) in [6.07, 6.45) is -2.56. The zero-order chi connectivity index (χ0) is 28.2. The van der Waals surface area contributed by atoms with Gasteiger partial charge in [-0.25, -0.2) is 4.79 Å². The van der Waals surface area contributed by atoms with Gasteiger partial charge in [0.2, 0.25) is 23.6 Å². The molecule has 36 heavy (non-hydrogen) atoms. The Bertz CT molecular complexity index is 854. The molecule has 16 nitrogen and oxygen atoms in total. The van der Waals surface area contributed by atoms with E-state index < -0.39 is 96.9 Å². The number of aliphatic carboxylic acids is 3. The maximum atomic E-state index is 13.3. The maximum absolute atomic E-state index is 13.3. The predicted octanol–water partition coefficient (Wildman–Crippen LogP) is -3.87. The molecule has 10 N–H and O–H groups in total.